The summed E-state index contributed by atoms with van der Waals surface area (Å²) in [6.45, 7) is 2.29. The maximum atomic E-state index is 6.73. The van der Waals surface area contributed by atoms with Gasteiger partial charge < -0.3 is 5.73 Å². The Bertz CT molecular complexity index is 666. The van der Waals surface area contributed by atoms with Crippen LogP contribution in [0.3, 0.4) is 0 Å². The molecule has 110 valence electrons. The molecule has 0 bridgehead atoms. The Morgan fingerprint density at radius 1 is 1.29 bits per heavy atom. The molecule has 3 heteroatoms. The summed E-state index contributed by atoms with van der Waals surface area (Å²) < 4.78 is 0. The van der Waals surface area contributed by atoms with Gasteiger partial charge in [0.25, 0.3) is 0 Å². The van der Waals surface area contributed by atoms with Crippen molar-refractivity contribution in [2.24, 2.45) is 11.7 Å². The summed E-state index contributed by atoms with van der Waals surface area (Å²) in [5, 5.41) is 1.18. The number of nitrogens with two attached hydrogens (primary N) is 1. The molecular formula is C18H22N2S. The number of hydrogen-bond donors (Lipinski definition) is 1. The number of rotatable bonds is 2. The van der Waals surface area contributed by atoms with Crippen LogP contribution in [0, 0.1) is 5.92 Å². The minimum atomic E-state index is -0.171. The van der Waals surface area contributed by atoms with E-state index in [1.54, 1.807) is 0 Å². The summed E-state index contributed by atoms with van der Waals surface area (Å²) in [6, 6.07) is 8.64. The first-order valence-corrected chi connectivity index (χ1v) is 8.88. The van der Waals surface area contributed by atoms with Gasteiger partial charge in [0.05, 0.1) is 11.2 Å². The van der Waals surface area contributed by atoms with E-state index in [4.69, 9.17) is 10.7 Å². The van der Waals surface area contributed by atoms with Gasteiger partial charge in [-0.1, -0.05) is 37.6 Å². The quantitative estimate of drug-likeness (QED) is 0.758. The van der Waals surface area contributed by atoms with Gasteiger partial charge in [0, 0.05) is 16.9 Å². The highest BCUT2D eigenvalue weighted by molar-refractivity contribution is 7.12. The van der Waals surface area contributed by atoms with E-state index in [0.717, 1.165) is 25.2 Å². The van der Waals surface area contributed by atoms with Gasteiger partial charge in [-0.05, 0) is 37.2 Å². The fraction of sp³-hybridized carbons (Fsp3) is 0.500. The Morgan fingerprint density at radius 2 is 2.05 bits per heavy atom. The van der Waals surface area contributed by atoms with Crippen molar-refractivity contribution >= 4 is 11.3 Å². The average molecular weight is 298 g/mol. The molecule has 0 spiro atoms. The van der Waals surface area contributed by atoms with Crippen LogP contribution < -0.4 is 5.73 Å². The molecule has 1 fully saturated rings. The van der Waals surface area contributed by atoms with Crippen molar-refractivity contribution in [2.75, 3.05) is 0 Å². The van der Waals surface area contributed by atoms with E-state index in [1.165, 1.54) is 46.0 Å². The van der Waals surface area contributed by atoms with Crippen LogP contribution in [0.25, 0.3) is 11.3 Å². The Kier molecular flexibility index (Phi) is 3.16. The van der Waals surface area contributed by atoms with Crippen molar-refractivity contribution in [2.45, 2.75) is 51.0 Å². The Balaban J connectivity index is 1.65. The monoisotopic (exact) mass is 298 g/mol. The minimum absolute atomic E-state index is 0.171. The number of fused-ring (bicyclic) bond motifs is 3. The number of thiazole rings is 1. The van der Waals surface area contributed by atoms with E-state index in [2.05, 4.69) is 31.2 Å². The van der Waals surface area contributed by atoms with Crippen LogP contribution in [0.1, 0.15) is 54.5 Å². The molecule has 0 radical (unpaired) electrons. The van der Waals surface area contributed by atoms with Crippen LogP contribution in [-0.2, 0) is 12.0 Å². The molecule has 0 aliphatic heterocycles. The fourth-order valence-electron chi connectivity index (χ4n) is 3.79. The maximum absolute atomic E-state index is 6.73. The van der Waals surface area contributed by atoms with Gasteiger partial charge in [0.15, 0.2) is 0 Å². The van der Waals surface area contributed by atoms with Gasteiger partial charge in [0.2, 0.25) is 0 Å². The van der Waals surface area contributed by atoms with Gasteiger partial charge in [-0.3, -0.25) is 0 Å². The lowest BCUT2D eigenvalue weighted by atomic mass is 9.76. The predicted octanol–water partition coefficient (Wildman–Crippen LogP) is 4.47. The molecule has 0 saturated heterocycles. The first-order valence-electron chi connectivity index (χ1n) is 8.07. The van der Waals surface area contributed by atoms with Crippen molar-refractivity contribution in [3.8, 4) is 11.3 Å². The highest BCUT2D eigenvalue weighted by Crippen LogP contribution is 2.45. The van der Waals surface area contributed by atoms with Crippen LogP contribution in [0.5, 0.6) is 0 Å². The molecular weight excluding hydrogens is 276 g/mol. The number of aromatic nitrogens is 1. The lowest BCUT2D eigenvalue weighted by Crippen LogP contribution is -2.40. The Morgan fingerprint density at radius 3 is 2.81 bits per heavy atom. The molecule has 21 heavy (non-hydrogen) atoms. The predicted molar refractivity (Wildman–Crippen MR) is 88.5 cm³/mol. The molecule has 4 rings (SSSR count). The number of hydrogen-bond acceptors (Lipinski definition) is 3. The normalized spacial score (nSPS) is 27.4. The molecule has 2 N–H and O–H groups in total. The van der Waals surface area contributed by atoms with Gasteiger partial charge in [0.1, 0.15) is 5.01 Å². The molecule has 1 aromatic carbocycles. The van der Waals surface area contributed by atoms with Crippen molar-refractivity contribution in [1.82, 2.24) is 4.98 Å². The van der Waals surface area contributed by atoms with Crippen LogP contribution in [0.4, 0.5) is 0 Å². The van der Waals surface area contributed by atoms with Crippen LogP contribution >= 0.6 is 11.3 Å². The van der Waals surface area contributed by atoms with Crippen molar-refractivity contribution in [3.05, 3.63) is 39.7 Å². The molecule has 2 aliphatic carbocycles. The van der Waals surface area contributed by atoms with Gasteiger partial charge >= 0.3 is 0 Å². The first-order chi connectivity index (χ1) is 10.2. The Labute approximate surface area is 130 Å². The standard InChI is InChI=1S/C18H22N2S/c1-2-12-7-9-18(19,10-8-12)17-20-16-14-6-4-3-5-13(14)11-15(16)21-17/h3-6,12H,2,7-11,19H2,1H3. The topological polar surface area (TPSA) is 38.9 Å². The molecule has 0 amide bonds. The van der Waals surface area contributed by atoms with Crippen molar-refractivity contribution in [3.63, 3.8) is 0 Å². The summed E-state index contributed by atoms with van der Waals surface area (Å²) >= 11 is 1.86. The molecule has 0 atom stereocenters. The van der Waals surface area contributed by atoms with Crippen LogP contribution in [0.2, 0.25) is 0 Å². The van der Waals surface area contributed by atoms with Crippen molar-refractivity contribution in [1.29, 1.82) is 0 Å². The van der Waals surface area contributed by atoms with Gasteiger partial charge in [-0.25, -0.2) is 4.98 Å². The SMILES string of the molecule is CCC1CCC(N)(c2nc3c(s2)Cc2ccccc2-3)CC1. The third-order valence-electron chi connectivity index (χ3n) is 5.32. The Hall–Kier alpha value is -1.19. The smallest absolute Gasteiger partial charge is 0.113 e. The molecule has 2 nitrogen and oxygen atoms in total. The lowest BCUT2D eigenvalue weighted by molar-refractivity contribution is 0.231. The van der Waals surface area contributed by atoms with E-state index < -0.39 is 0 Å². The lowest BCUT2D eigenvalue weighted by Gasteiger charge is -2.35. The average Bonchev–Trinajstić information content (AvgIpc) is 3.06. The van der Waals surface area contributed by atoms with E-state index >= 15 is 0 Å². The summed E-state index contributed by atoms with van der Waals surface area (Å²) in [5.41, 5.74) is 10.5. The first kappa shape index (κ1) is 13.5. The maximum Gasteiger partial charge on any atom is 0.113 e. The van der Waals surface area contributed by atoms with E-state index in [1.807, 2.05) is 11.3 Å². The largest absolute Gasteiger partial charge is 0.319 e. The summed E-state index contributed by atoms with van der Waals surface area (Å²) in [6.07, 6.45) is 7.04. The third kappa shape index (κ3) is 2.14. The zero-order valence-electron chi connectivity index (χ0n) is 12.6. The molecule has 2 aliphatic rings. The second kappa shape index (κ2) is 4.92. The van der Waals surface area contributed by atoms with E-state index in [-0.39, 0.29) is 5.54 Å². The van der Waals surface area contributed by atoms with Gasteiger partial charge in [-0.15, -0.1) is 11.3 Å². The molecule has 1 aromatic heterocycles. The van der Waals surface area contributed by atoms with Gasteiger partial charge in [-0.2, -0.15) is 0 Å². The van der Waals surface area contributed by atoms with Crippen LogP contribution in [-0.4, -0.2) is 4.98 Å². The second-order valence-corrected chi connectivity index (χ2v) is 7.72. The summed E-state index contributed by atoms with van der Waals surface area (Å²) in [5.74, 6) is 0.870. The highest BCUT2D eigenvalue weighted by atomic mass is 32.1. The number of benzene rings is 1. The summed E-state index contributed by atoms with van der Waals surface area (Å²) in [4.78, 5) is 6.38. The molecule has 2 aromatic rings. The highest BCUT2D eigenvalue weighted by Gasteiger charge is 2.37. The molecule has 1 saturated carbocycles. The minimum Gasteiger partial charge on any atom is -0.319 e. The molecule has 0 unspecified atom stereocenters. The fourth-order valence-corrected chi connectivity index (χ4v) is 5.05. The van der Waals surface area contributed by atoms with Crippen molar-refractivity contribution < 1.29 is 0 Å². The van der Waals surface area contributed by atoms with E-state index in [0.29, 0.717) is 0 Å². The molecule has 1 heterocycles. The summed E-state index contributed by atoms with van der Waals surface area (Å²) in [7, 11) is 0. The van der Waals surface area contributed by atoms with E-state index in [9.17, 15) is 0 Å². The third-order valence-corrected chi connectivity index (χ3v) is 6.60. The zero-order chi connectivity index (χ0) is 14.4. The second-order valence-electron chi connectivity index (χ2n) is 6.63. The van der Waals surface area contributed by atoms with Crippen LogP contribution in [0.15, 0.2) is 24.3 Å². The number of nitrogens with zero attached hydrogens (tertiary/aromatic N) is 1. The zero-order valence-corrected chi connectivity index (χ0v) is 13.4.